The summed E-state index contributed by atoms with van der Waals surface area (Å²) in [6.45, 7) is 4.13. The van der Waals surface area contributed by atoms with Gasteiger partial charge in [0, 0.05) is 13.7 Å². The summed E-state index contributed by atoms with van der Waals surface area (Å²) < 4.78 is 7.41. The molecule has 0 radical (unpaired) electrons. The summed E-state index contributed by atoms with van der Waals surface area (Å²) in [5, 5.41) is 2.58. The van der Waals surface area contributed by atoms with Crippen molar-refractivity contribution >= 4 is 44.9 Å². The maximum absolute atomic E-state index is 12.8. The molecule has 0 amide bonds. The van der Waals surface area contributed by atoms with Crippen LogP contribution in [0.4, 0.5) is 5.82 Å². The number of fused-ring (bicyclic) bond motifs is 1. The third-order valence-corrected chi connectivity index (χ3v) is 6.01. The molecule has 10 nitrogen and oxygen atoms in total. The van der Waals surface area contributed by atoms with Gasteiger partial charge in [-0.15, -0.1) is 17.9 Å². The van der Waals surface area contributed by atoms with Gasteiger partial charge in [0.15, 0.2) is 10.9 Å². The molecular formula is C18H19N5O5S2. The number of anilines is 1. The first-order chi connectivity index (χ1) is 14.4. The van der Waals surface area contributed by atoms with Gasteiger partial charge in [0.05, 0.1) is 24.3 Å². The average molecular weight is 450 g/mol. The summed E-state index contributed by atoms with van der Waals surface area (Å²) in [7, 11) is 1.45. The van der Waals surface area contributed by atoms with Gasteiger partial charge in [-0.3, -0.25) is 28.5 Å². The summed E-state index contributed by atoms with van der Waals surface area (Å²) in [5.41, 5.74) is 3.81. The van der Waals surface area contributed by atoms with Crippen molar-refractivity contribution in [1.82, 2.24) is 19.1 Å². The van der Waals surface area contributed by atoms with Crippen LogP contribution in [0.5, 0.6) is 0 Å². The lowest BCUT2D eigenvalue weighted by Crippen LogP contribution is -2.37. The lowest BCUT2D eigenvalue weighted by molar-refractivity contribution is 0.102. The van der Waals surface area contributed by atoms with Crippen LogP contribution in [0.25, 0.3) is 10.2 Å². The molecule has 0 aliphatic heterocycles. The molecule has 0 fully saturated rings. The number of carbonyl (C=O) groups excluding carboxylic acids is 1. The second-order valence-electron chi connectivity index (χ2n) is 6.11. The average Bonchev–Trinajstić information content (AvgIpc) is 3.17. The predicted octanol–water partition coefficient (Wildman–Crippen LogP) is 0.698. The molecular weight excluding hydrogens is 430 g/mol. The fraction of sp³-hybridized carbons (Fsp3) is 0.278. The first-order valence-corrected chi connectivity index (χ1v) is 10.6. The van der Waals surface area contributed by atoms with E-state index in [9.17, 15) is 19.2 Å². The topological polar surface area (TPSA) is 142 Å². The van der Waals surface area contributed by atoms with Crippen LogP contribution < -0.4 is 22.5 Å². The number of thioether (sulfide) groups is 1. The van der Waals surface area contributed by atoms with Crippen LogP contribution in [0.2, 0.25) is 0 Å². The number of hydrogen-bond donors (Lipinski definition) is 2. The monoisotopic (exact) mass is 449 g/mol. The summed E-state index contributed by atoms with van der Waals surface area (Å²) in [6, 6.07) is 1.69. The van der Waals surface area contributed by atoms with E-state index in [4.69, 9.17) is 10.5 Å². The number of ether oxygens (including phenoxy) is 1. The quantitative estimate of drug-likeness (QED) is 0.210. The second-order valence-corrected chi connectivity index (χ2v) is 7.95. The standard InChI is InChI=1S/C18H19N5O5S2/c1-3-5-23-16(26)10-4-8-29-15(10)21-18(23)30-9-11(24)12-13(19)22(6-7-28-2)17(27)20-14(12)25/h3-4,8H,1,5-7,9,19H2,2H3,(H,20,25,27). The highest BCUT2D eigenvalue weighted by Crippen LogP contribution is 2.22. The predicted molar refractivity (Wildman–Crippen MR) is 117 cm³/mol. The van der Waals surface area contributed by atoms with E-state index in [-0.39, 0.29) is 42.4 Å². The minimum Gasteiger partial charge on any atom is -0.384 e. The molecule has 0 aliphatic rings. The van der Waals surface area contributed by atoms with E-state index in [1.54, 1.807) is 17.5 Å². The largest absolute Gasteiger partial charge is 0.384 e. The molecule has 0 saturated carbocycles. The smallest absolute Gasteiger partial charge is 0.330 e. The zero-order valence-corrected chi connectivity index (χ0v) is 17.7. The summed E-state index contributed by atoms with van der Waals surface area (Å²) >= 11 is 2.32. The molecule has 0 saturated heterocycles. The number of methoxy groups -OCH3 is 1. The van der Waals surface area contributed by atoms with Gasteiger partial charge in [-0.2, -0.15) is 0 Å². The normalized spacial score (nSPS) is 11.1. The number of allylic oxidation sites excluding steroid dienone is 1. The van der Waals surface area contributed by atoms with Crippen LogP contribution >= 0.6 is 23.1 Å². The molecule has 158 valence electrons. The molecule has 0 bridgehead atoms. The SMILES string of the molecule is C=CCn1c(SCC(=O)c2c(N)n(CCOC)c(=O)[nH]c2=O)nc2sccc2c1=O. The second kappa shape index (κ2) is 9.24. The van der Waals surface area contributed by atoms with Crippen molar-refractivity contribution in [3.05, 3.63) is 60.9 Å². The zero-order chi connectivity index (χ0) is 21.8. The summed E-state index contributed by atoms with van der Waals surface area (Å²) in [4.78, 5) is 56.7. The van der Waals surface area contributed by atoms with Gasteiger partial charge in [0.25, 0.3) is 11.1 Å². The van der Waals surface area contributed by atoms with Crippen molar-refractivity contribution in [2.24, 2.45) is 0 Å². The number of Topliss-reactive ketones (excluding diaryl/α,β-unsaturated/α-hetero) is 1. The van der Waals surface area contributed by atoms with Crippen molar-refractivity contribution in [3.8, 4) is 0 Å². The zero-order valence-electron chi connectivity index (χ0n) is 16.0. The third-order valence-electron chi connectivity index (χ3n) is 4.23. The third kappa shape index (κ3) is 4.15. The molecule has 0 aromatic carbocycles. The highest BCUT2D eigenvalue weighted by Gasteiger charge is 2.21. The van der Waals surface area contributed by atoms with Crippen LogP contribution in [0, 0.1) is 0 Å². The number of aromatic nitrogens is 4. The Morgan fingerprint density at radius 1 is 1.40 bits per heavy atom. The number of carbonyl (C=O) groups is 1. The number of nitrogens with two attached hydrogens (primary N) is 1. The van der Waals surface area contributed by atoms with Gasteiger partial charge in [0.1, 0.15) is 16.2 Å². The molecule has 0 atom stereocenters. The first kappa shape index (κ1) is 21.7. The fourth-order valence-electron chi connectivity index (χ4n) is 2.79. The molecule has 3 N–H and O–H groups in total. The Hall–Kier alpha value is -2.96. The van der Waals surface area contributed by atoms with E-state index in [2.05, 4.69) is 16.5 Å². The van der Waals surface area contributed by atoms with Crippen molar-refractivity contribution < 1.29 is 9.53 Å². The molecule has 3 aromatic heterocycles. The molecule has 3 aromatic rings. The van der Waals surface area contributed by atoms with E-state index < -0.39 is 17.0 Å². The number of thiophene rings is 1. The van der Waals surface area contributed by atoms with Gasteiger partial charge < -0.3 is 10.5 Å². The highest BCUT2D eigenvalue weighted by molar-refractivity contribution is 7.99. The highest BCUT2D eigenvalue weighted by atomic mass is 32.2. The van der Waals surface area contributed by atoms with E-state index in [0.29, 0.717) is 15.4 Å². The molecule has 12 heteroatoms. The van der Waals surface area contributed by atoms with Crippen LogP contribution in [-0.4, -0.2) is 44.4 Å². The molecule has 30 heavy (non-hydrogen) atoms. The maximum Gasteiger partial charge on any atom is 0.330 e. The van der Waals surface area contributed by atoms with Gasteiger partial charge >= 0.3 is 5.69 Å². The minimum absolute atomic E-state index is 0.0842. The number of nitrogen functional groups attached to an aromatic ring is 1. The van der Waals surface area contributed by atoms with Crippen LogP contribution in [0.15, 0.2) is 43.6 Å². The van der Waals surface area contributed by atoms with E-state index in [1.165, 1.54) is 23.0 Å². The Balaban J connectivity index is 1.94. The van der Waals surface area contributed by atoms with Gasteiger partial charge in [-0.25, -0.2) is 9.78 Å². The van der Waals surface area contributed by atoms with Crippen molar-refractivity contribution in [1.29, 1.82) is 0 Å². The summed E-state index contributed by atoms with van der Waals surface area (Å²) in [5.74, 6) is -1.01. The number of rotatable bonds is 9. The van der Waals surface area contributed by atoms with Crippen molar-refractivity contribution in [2.75, 3.05) is 25.2 Å². The van der Waals surface area contributed by atoms with Crippen LogP contribution in [0.3, 0.4) is 0 Å². The molecule has 0 spiro atoms. The molecule has 0 aliphatic carbocycles. The summed E-state index contributed by atoms with van der Waals surface area (Å²) in [6.07, 6.45) is 1.56. The number of nitrogens with zero attached hydrogens (tertiary/aromatic N) is 3. The van der Waals surface area contributed by atoms with Gasteiger partial charge in [0.2, 0.25) is 0 Å². The number of H-pyrrole nitrogens is 1. The lowest BCUT2D eigenvalue weighted by atomic mass is 10.2. The molecule has 3 rings (SSSR count). The minimum atomic E-state index is -0.859. The Labute approximate surface area is 178 Å². The lowest BCUT2D eigenvalue weighted by Gasteiger charge is -2.12. The Morgan fingerprint density at radius 3 is 2.87 bits per heavy atom. The van der Waals surface area contributed by atoms with Crippen molar-refractivity contribution in [2.45, 2.75) is 18.2 Å². The Bertz CT molecular complexity index is 1290. The number of hydrogen-bond acceptors (Lipinski definition) is 9. The molecule has 0 unspecified atom stereocenters. The van der Waals surface area contributed by atoms with Crippen LogP contribution in [-0.2, 0) is 17.8 Å². The van der Waals surface area contributed by atoms with E-state index >= 15 is 0 Å². The Kier molecular flexibility index (Phi) is 6.70. The van der Waals surface area contributed by atoms with E-state index in [0.717, 1.165) is 16.3 Å². The van der Waals surface area contributed by atoms with Gasteiger partial charge in [-0.1, -0.05) is 17.8 Å². The van der Waals surface area contributed by atoms with Crippen molar-refractivity contribution in [3.63, 3.8) is 0 Å². The maximum atomic E-state index is 12.8. The molecule has 3 heterocycles. The van der Waals surface area contributed by atoms with Crippen LogP contribution in [0.1, 0.15) is 10.4 Å². The fourth-order valence-corrected chi connectivity index (χ4v) is 4.48. The number of nitrogens with one attached hydrogen (secondary N) is 1. The first-order valence-electron chi connectivity index (χ1n) is 8.75. The number of ketones is 1. The Morgan fingerprint density at radius 2 is 2.17 bits per heavy atom. The van der Waals surface area contributed by atoms with E-state index in [1.807, 2.05) is 0 Å². The van der Waals surface area contributed by atoms with Gasteiger partial charge in [-0.05, 0) is 11.4 Å². The number of aromatic amines is 1.